The Balaban J connectivity index is 1.21. The fraction of sp³-hybridized carbons (Fsp3) is 0.219. The summed E-state index contributed by atoms with van der Waals surface area (Å²) in [5.41, 5.74) is 4.92. The smallest absolute Gasteiger partial charge is 0.252 e. The van der Waals surface area contributed by atoms with E-state index >= 15 is 0 Å². The zero-order chi connectivity index (χ0) is 27.2. The highest BCUT2D eigenvalue weighted by Gasteiger charge is 2.28. The molecule has 1 fully saturated rings. The number of nitrogens with one attached hydrogen (secondary N) is 1. The predicted molar refractivity (Wildman–Crippen MR) is 154 cm³/mol. The van der Waals surface area contributed by atoms with E-state index in [1.54, 1.807) is 28.6 Å². The normalized spacial score (nSPS) is 15.5. The second-order valence-corrected chi connectivity index (χ2v) is 11.8. The SMILES string of the molecule is Cc1ccccc1C(NC(=O)c1ccc(CN2CCN(S(=O)(=O)c3ccccc3)CC2)cc1)c1ccccc1. The van der Waals surface area contributed by atoms with Gasteiger partial charge in [0.05, 0.1) is 10.9 Å². The molecule has 1 atom stereocenters. The number of hydrogen-bond donors (Lipinski definition) is 1. The molecule has 1 unspecified atom stereocenters. The van der Waals surface area contributed by atoms with Crippen LogP contribution in [-0.4, -0.2) is 49.7 Å². The van der Waals surface area contributed by atoms with Crippen LogP contribution in [0.4, 0.5) is 0 Å². The topological polar surface area (TPSA) is 69.7 Å². The average molecular weight is 540 g/mol. The molecule has 0 spiro atoms. The van der Waals surface area contributed by atoms with Crippen molar-refractivity contribution in [2.75, 3.05) is 26.2 Å². The van der Waals surface area contributed by atoms with Gasteiger partial charge in [-0.2, -0.15) is 4.31 Å². The van der Waals surface area contributed by atoms with Crippen LogP contribution in [0.5, 0.6) is 0 Å². The van der Waals surface area contributed by atoms with Gasteiger partial charge in [0.1, 0.15) is 0 Å². The number of carbonyl (C=O) groups is 1. The van der Waals surface area contributed by atoms with Gasteiger partial charge in [0.25, 0.3) is 5.91 Å². The lowest BCUT2D eigenvalue weighted by Gasteiger charge is -2.34. The van der Waals surface area contributed by atoms with Gasteiger partial charge in [0, 0.05) is 38.3 Å². The molecule has 1 N–H and O–H groups in total. The van der Waals surface area contributed by atoms with E-state index in [0.29, 0.717) is 43.2 Å². The third kappa shape index (κ3) is 6.28. The summed E-state index contributed by atoms with van der Waals surface area (Å²) >= 11 is 0. The minimum atomic E-state index is -3.46. The van der Waals surface area contributed by atoms with E-state index in [4.69, 9.17) is 0 Å². The molecule has 0 aliphatic carbocycles. The first-order valence-electron chi connectivity index (χ1n) is 13.2. The van der Waals surface area contributed by atoms with Crippen LogP contribution in [0.3, 0.4) is 0 Å². The van der Waals surface area contributed by atoms with Gasteiger partial charge in [-0.15, -0.1) is 0 Å². The van der Waals surface area contributed by atoms with Crippen molar-refractivity contribution in [1.82, 2.24) is 14.5 Å². The molecule has 4 aromatic carbocycles. The van der Waals surface area contributed by atoms with Gasteiger partial charge < -0.3 is 5.32 Å². The zero-order valence-electron chi connectivity index (χ0n) is 22.0. The minimum Gasteiger partial charge on any atom is -0.341 e. The van der Waals surface area contributed by atoms with Crippen molar-refractivity contribution < 1.29 is 13.2 Å². The fourth-order valence-corrected chi connectivity index (χ4v) is 6.44. The Morgan fingerprint density at radius 1 is 0.769 bits per heavy atom. The zero-order valence-corrected chi connectivity index (χ0v) is 22.8. The van der Waals surface area contributed by atoms with Crippen LogP contribution in [0.25, 0.3) is 0 Å². The van der Waals surface area contributed by atoms with Crippen LogP contribution < -0.4 is 5.32 Å². The van der Waals surface area contributed by atoms with E-state index in [-0.39, 0.29) is 11.9 Å². The molecule has 0 saturated carbocycles. The standard InChI is InChI=1S/C32H33N3O3S/c1-25-10-8-9-15-30(25)31(27-11-4-2-5-12-27)33-32(36)28-18-16-26(17-19-28)24-34-20-22-35(23-21-34)39(37,38)29-13-6-3-7-14-29/h2-19,31H,20-24H2,1H3,(H,33,36). The highest BCUT2D eigenvalue weighted by molar-refractivity contribution is 7.89. The molecular weight excluding hydrogens is 506 g/mol. The van der Waals surface area contributed by atoms with Gasteiger partial charge in [0.2, 0.25) is 10.0 Å². The molecular formula is C32H33N3O3S. The molecule has 1 aliphatic rings. The number of piperazine rings is 1. The first-order chi connectivity index (χ1) is 18.9. The Bertz CT molecular complexity index is 1500. The van der Waals surface area contributed by atoms with Gasteiger partial charge in [-0.05, 0) is 53.4 Å². The number of amides is 1. The van der Waals surface area contributed by atoms with E-state index in [9.17, 15) is 13.2 Å². The van der Waals surface area contributed by atoms with E-state index in [0.717, 1.165) is 22.3 Å². The Labute approximate surface area is 231 Å². The van der Waals surface area contributed by atoms with Crippen LogP contribution >= 0.6 is 0 Å². The number of carbonyl (C=O) groups excluding carboxylic acids is 1. The van der Waals surface area contributed by atoms with Crippen LogP contribution in [0.2, 0.25) is 0 Å². The monoisotopic (exact) mass is 539 g/mol. The number of benzene rings is 4. The molecule has 1 aliphatic heterocycles. The van der Waals surface area contributed by atoms with E-state index < -0.39 is 10.0 Å². The number of nitrogens with zero attached hydrogens (tertiary/aromatic N) is 2. The molecule has 39 heavy (non-hydrogen) atoms. The van der Waals surface area contributed by atoms with Crippen molar-refractivity contribution in [2.45, 2.75) is 24.4 Å². The summed E-state index contributed by atoms with van der Waals surface area (Å²) in [5.74, 6) is -0.126. The Hall–Kier alpha value is -3.78. The van der Waals surface area contributed by atoms with Crippen molar-refractivity contribution in [3.8, 4) is 0 Å². The predicted octanol–water partition coefficient (Wildman–Crippen LogP) is 5.02. The molecule has 1 amide bonds. The Morgan fingerprint density at radius 3 is 2.00 bits per heavy atom. The van der Waals surface area contributed by atoms with Crippen molar-refractivity contribution >= 4 is 15.9 Å². The lowest BCUT2D eigenvalue weighted by atomic mass is 9.94. The summed E-state index contributed by atoms with van der Waals surface area (Å²) in [6.45, 7) is 4.99. The number of rotatable bonds is 8. The summed E-state index contributed by atoms with van der Waals surface area (Å²) in [5, 5.41) is 3.23. The highest BCUT2D eigenvalue weighted by atomic mass is 32.2. The Kier molecular flexibility index (Phi) is 8.21. The van der Waals surface area contributed by atoms with Crippen LogP contribution in [0, 0.1) is 6.92 Å². The van der Waals surface area contributed by atoms with E-state index in [2.05, 4.69) is 29.3 Å². The largest absolute Gasteiger partial charge is 0.341 e. The quantitative estimate of drug-likeness (QED) is 0.341. The van der Waals surface area contributed by atoms with Gasteiger partial charge in [0.15, 0.2) is 0 Å². The molecule has 7 heteroatoms. The molecule has 0 aromatic heterocycles. The fourth-order valence-electron chi connectivity index (χ4n) is 5.00. The summed E-state index contributed by atoms with van der Waals surface area (Å²) in [6, 6.07) is 34.2. The average Bonchev–Trinajstić information content (AvgIpc) is 2.98. The second kappa shape index (κ2) is 11.9. The lowest BCUT2D eigenvalue weighted by molar-refractivity contribution is 0.0943. The lowest BCUT2D eigenvalue weighted by Crippen LogP contribution is -2.48. The van der Waals surface area contributed by atoms with Crippen molar-refractivity contribution in [2.24, 2.45) is 0 Å². The van der Waals surface area contributed by atoms with Gasteiger partial charge >= 0.3 is 0 Å². The van der Waals surface area contributed by atoms with E-state index in [1.165, 1.54) is 0 Å². The van der Waals surface area contributed by atoms with E-state index in [1.807, 2.05) is 72.8 Å². The summed E-state index contributed by atoms with van der Waals surface area (Å²) in [4.78, 5) is 15.9. The maximum atomic E-state index is 13.3. The number of sulfonamides is 1. The van der Waals surface area contributed by atoms with Crippen molar-refractivity contribution in [3.05, 3.63) is 137 Å². The molecule has 1 saturated heterocycles. The minimum absolute atomic E-state index is 0.126. The summed E-state index contributed by atoms with van der Waals surface area (Å²) < 4.78 is 27.4. The van der Waals surface area contributed by atoms with Gasteiger partial charge in [-0.1, -0.05) is 84.9 Å². The van der Waals surface area contributed by atoms with Crippen LogP contribution in [0.1, 0.15) is 38.7 Å². The maximum absolute atomic E-state index is 13.3. The molecule has 0 bridgehead atoms. The third-order valence-electron chi connectivity index (χ3n) is 7.24. The molecule has 6 nitrogen and oxygen atoms in total. The molecule has 1 heterocycles. The van der Waals surface area contributed by atoms with Gasteiger partial charge in [-0.25, -0.2) is 8.42 Å². The first-order valence-corrected chi connectivity index (χ1v) is 14.6. The third-order valence-corrected chi connectivity index (χ3v) is 9.16. The summed E-state index contributed by atoms with van der Waals surface area (Å²) in [7, 11) is -3.46. The van der Waals surface area contributed by atoms with Crippen molar-refractivity contribution in [3.63, 3.8) is 0 Å². The maximum Gasteiger partial charge on any atom is 0.252 e. The van der Waals surface area contributed by atoms with Gasteiger partial charge in [-0.3, -0.25) is 9.69 Å². The second-order valence-electron chi connectivity index (χ2n) is 9.86. The highest BCUT2D eigenvalue weighted by Crippen LogP contribution is 2.25. The van der Waals surface area contributed by atoms with Crippen LogP contribution in [0.15, 0.2) is 114 Å². The molecule has 200 valence electrons. The van der Waals surface area contributed by atoms with Crippen molar-refractivity contribution in [1.29, 1.82) is 0 Å². The number of hydrogen-bond acceptors (Lipinski definition) is 4. The molecule has 5 rings (SSSR count). The molecule has 4 aromatic rings. The van der Waals surface area contributed by atoms with Crippen LogP contribution in [-0.2, 0) is 16.6 Å². The summed E-state index contributed by atoms with van der Waals surface area (Å²) in [6.07, 6.45) is 0. The Morgan fingerprint density at radius 2 is 1.36 bits per heavy atom. The first kappa shape index (κ1) is 26.8. The molecule has 0 radical (unpaired) electrons. The number of aryl methyl sites for hydroxylation is 1.